The van der Waals surface area contributed by atoms with Crippen LogP contribution in [0.2, 0.25) is 0 Å². The van der Waals surface area contributed by atoms with Gasteiger partial charge in [-0.1, -0.05) is 17.4 Å². The molecule has 2 amide bonds. The first-order valence-corrected chi connectivity index (χ1v) is 9.58. The third-order valence-corrected chi connectivity index (χ3v) is 4.74. The lowest BCUT2D eigenvalue weighted by atomic mass is 10.1. The van der Waals surface area contributed by atoms with Crippen molar-refractivity contribution in [3.8, 4) is 0 Å². The van der Waals surface area contributed by atoms with Crippen LogP contribution in [0, 0.1) is 6.92 Å². The largest absolute Gasteiger partial charge is 0.465 e. The van der Waals surface area contributed by atoms with Crippen molar-refractivity contribution in [2.45, 2.75) is 20.3 Å². The molecule has 9 nitrogen and oxygen atoms in total. The summed E-state index contributed by atoms with van der Waals surface area (Å²) in [5.41, 5.74) is 1.01. The maximum absolute atomic E-state index is 12.2. The number of carbonyl (C=O) groups excluding carboxylic acids is 4. The number of aromatic nitrogens is 1. The van der Waals surface area contributed by atoms with Crippen LogP contribution in [0.25, 0.3) is 0 Å². The van der Waals surface area contributed by atoms with Gasteiger partial charge in [0.25, 0.3) is 5.91 Å². The van der Waals surface area contributed by atoms with E-state index in [0.717, 1.165) is 11.3 Å². The SMILES string of the molecule is CCOC(=O)c1sc(NC(=O)CCNC(=O)c2cccc(C(=O)OC)c2)nc1C. The number of aryl methyl sites for hydroxylation is 1. The van der Waals surface area contributed by atoms with Crippen LogP contribution in [-0.4, -0.2) is 49.0 Å². The van der Waals surface area contributed by atoms with Gasteiger partial charge in [-0.05, 0) is 32.0 Å². The highest BCUT2D eigenvalue weighted by Crippen LogP contribution is 2.23. The van der Waals surface area contributed by atoms with E-state index in [4.69, 9.17) is 4.74 Å². The summed E-state index contributed by atoms with van der Waals surface area (Å²) in [6.07, 6.45) is 0.00972. The first-order valence-electron chi connectivity index (χ1n) is 8.76. The Morgan fingerprint density at radius 2 is 1.86 bits per heavy atom. The molecular formula is C19H21N3O6S. The molecule has 2 aromatic rings. The zero-order chi connectivity index (χ0) is 21.4. The standard InChI is InChI=1S/C19H21N3O6S/c1-4-28-18(26)15-11(2)21-19(29-15)22-14(23)8-9-20-16(24)12-6-5-7-13(10-12)17(25)27-3/h5-7,10H,4,8-9H2,1-3H3,(H,20,24)(H,21,22,23). The number of hydrogen-bond acceptors (Lipinski definition) is 8. The summed E-state index contributed by atoms with van der Waals surface area (Å²) in [7, 11) is 1.26. The van der Waals surface area contributed by atoms with E-state index >= 15 is 0 Å². The summed E-state index contributed by atoms with van der Waals surface area (Å²) in [5.74, 6) is -1.81. The minimum Gasteiger partial charge on any atom is -0.465 e. The summed E-state index contributed by atoms with van der Waals surface area (Å²) >= 11 is 1.03. The van der Waals surface area contributed by atoms with Crippen molar-refractivity contribution in [2.24, 2.45) is 0 Å². The van der Waals surface area contributed by atoms with Crippen LogP contribution in [0.5, 0.6) is 0 Å². The molecule has 0 saturated carbocycles. The molecule has 0 atom stereocenters. The topological polar surface area (TPSA) is 124 Å². The Morgan fingerprint density at radius 3 is 2.55 bits per heavy atom. The van der Waals surface area contributed by atoms with E-state index in [2.05, 4.69) is 20.4 Å². The number of anilines is 1. The number of rotatable bonds is 8. The number of hydrogen-bond donors (Lipinski definition) is 2. The molecule has 0 saturated heterocycles. The highest BCUT2D eigenvalue weighted by atomic mass is 32.1. The maximum Gasteiger partial charge on any atom is 0.350 e. The number of nitrogens with one attached hydrogen (secondary N) is 2. The fraction of sp³-hybridized carbons (Fsp3) is 0.316. The van der Waals surface area contributed by atoms with Crippen LogP contribution < -0.4 is 10.6 Å². The molecule has 0 spiro atoms. The molecule has 2 N–H and O–H groups in total. The molecule has 1 aromatic carbocycles. The van der Waals surface area contributed by atoms with E-state index in [-0.39, 0.29) is 41.7 Å². The second kappa shape index (κ2) is 10.3. The number of thiazole rings is 1. The number of benzene rings is 1. The monoisotopic (exact) mass is 419 g/mol. The van der Waals surface area contributed by atoms with Crippen molar-refractivity contribution >= 4 is 40.2 Å². The van der Waals surface area contributed by atoms with Crippen LogP contribution in [0.15, 0.2) is 24.3 Å². The smallest absolute Gasteiger partial charge is 0.350 e. The molecule has 0 bridgehead atoms. The van der Waals surface area contributed by atoms with Crippen LogP contribution in [-0.2, 0) is 14.3 Å². The molecule has 1 heterocycles. The number of nitrogens with zero attached hydrogens (tertiary/aromatic N) is 1. The minimum atomic E-state index is -0.542. The molecule has 0 aliphatic rings. The zero-order valence-electron chi connectivity index (χ0n) is 16.2. The molecule has 0 fully saturated rings. The van der Waals surface area contributed by atoms with E-state index in [1.165, 1.54) is 19.2 Å². The van der Waals surface area contributed by atoms with Crippen molar-refractivity contribution < 1.29 is 28.7 Å². The van der Waals surface area contributed by atoms with E-state index in [1.807, 2.05) is 0 Å². The van der Waals surface area contributed by atoms with Crippen LogP contribution in [0.1, 0.15) is 49.4 Å². The van der Waals surface area contributed by atoms with Gasteiger partial charge in [-0.3, -0.25) is 9.59 Å². The third-order valence-electron chi connectivity index (χ3n) is 3.69. The van der Waals surface area contributed by atoms with Gasteiger partial charge in [0, 0.05) is 18.5 Å². The predicted molar refractivity (Wildman–Crippen MR) is 106 cm³/mol. The number of methoxy groups -OCH3 is 1. The van der Waals surface area contributed by atoms with Crippen molar-refractivity contribution in [1.82, 2.24) is 10.3 Å². The van der Waals surface area contributed by atoms with Gasteiger partial charge in [0.15, 0.2) is 5.13 Å². The lowest BCUT2D eigenvalue weighted by Gasteiger charge is -2.06. The van der Waals surface area contributed by atoms with Crippen LogP contribution >= 0.6 is 11.3 Å². The van der Waals surface area contributed by atoms with Gasteiger partial charge < -0.3 is 20.1 Å². The number of esters is 2. The zero-order valence-corrected chi connectivity index (χ0v) is 17.1. The quantitative estimate of drug-likeness (QED) is 0.629. The summed E-state index contributed by atoms with van der Waals surface area (Å²) in [6, 6.07) is 6.07. The van der Waals surface area contributed by atoms with Gasteiger partial charge in [0.05, 0.1) is 25.0 Å². The lowest BCUT2D eigenvalue weighted by Crippen LogP contribution is -2.27. The first-order chi connectivity index (χ1) is 13.8. The summed E-state index contributed by atoms with van der Waals surface area (Å²) in [6.45, 7) is 3.69. The maximum atomic E-state index is 12.2. The Morgan fingerprint density at radius 1 is 1.14 bits per heavy atom. The van der Waals surface area contributed by atoms with E-state index < -0.39 is 17.8 Å². The fourth-order valence-corrected chi connectivity index (χ4v) is 3.19. The Hall–Kier alpha value is -3.27. The molecule has 0 aliphatic heterocycles. The average molecular weight is 419 g/mol. The molecular weight excluding hydrogens is 398 g/mol. The minimum absolute atomic E-state index is 0.00972. The Kier molecular flexibility index (Phi) is 7.84. The summed E-state index contributed by atoms with van der Waals surface area (Å²) in [4.78, 5) is 52.0. The van der Waals surface area contributed by atoms with E-state index in [0.29, 0.717) is 10.6 Å². The Bertz CT molecular complexity index is 924. The highest BCUT2D eigenvalue weighted by Gasteiger charge is 2.17. The molecule has 0 unspecified atom stereocenters. The van der Waals surface area contributed by atoms with Crippen molar-refractivity contribution in [3.63, 3.8) is 0 Å². The molecule has 2 rings (SSSR count). The van der Waals surface area contributed by atoms with Crippen LogP contribution in [0.4, 0.5) is 5.13 Å². The van der Waals surface area contributed by atoms with E-state index in [9.17, 15) is 19.2 Å². The number of ether oxygens (including phenoxy) is 2. The second-order valence-electron chi connectivity index (χ2n) is 5.78. The summed E-state index contributed by atoms with van der Waals surface area (Å²) < 4.78 is 9.55. The van der Waals surface area contributed by atoms with Crippen molar-refractivity contribution in [3.05, 3.63) is 46.0 Å². The number of amides is 2. The predicted octanol–water partition coefficient (Wildman–Crippen LogP) is 2.17. The van der Waals surface area contributed by atoms with Gasteiger partial charge in [0.2, 0.25) is 5.91 Å². The molecule has 10 heteroatoms. The normalized spacial score (nSPS) is 10.2. The van der Waals surface area contributed by atoms with Gasteiger partial charge in [-0.25, -0.2) is 14.6 Å². The van der Waals surface area contributed by atoms with Gasteiger partial charge >= 0.3 is 11.9 Å². The molecule has 1 aromatic heterocycles. The average Bonchev–Trinajstić information content (AvgIpc) is 3.07. The fourth-order valence-electron chi connectivity index (χ4n) is 2.31. The number of carbonyl (C=O) groups is 4. The Labute approximate surface area is 171 Å². The van der Waals surface area contributed by atoms with Gasteiger partial charge in [-0.15, -0.1) is 0 Å². The van der Waals surface area contributed by atoms with Gasteiger partial charge in [-0.2, -0.15) is 0 Å². The van der Waals surface area contributed by atoms with Crippen LogP contribution in [0.3, 0.4) is 0 Å². The second-order valence-corrected chi connectivity index (χ2v) is 6.78. The van der Waals surface area contributed by atoms with Crippen molar-refractivity contribution in [2.75, 3.05) is 25.6 Å². The Balaban J connectivity index is 1.86. The molecule has 29 heavy (non-hydrogen) atoms. The molecule has 0 aliphatic carbocycles. The van der Waals surface area contributed by atoms with Crippen molar-refractivity contribution in [1.29, 1.82) is 0 Å². The molecule has 0 radical (unpaired) electrons. The van der Waals surface area contributed by atoms with Gasteiger partial charge in [0.1, 0.15) is 4.88 Å². The summed E-state index contributed by atoms with van der Waals surface area (Å²) in [5, 5.41) is 5.49. The van der Waals surface area contributed by atoms with E-state index in [1.54, 1.807) is 26.0 Å². The first kappa shape index (κ1) is 22.0. The lowest BCUT2D eigenvalue weighted by molar-refractivity contribution is -0.116. The third kappa shape index (κ3) is 6.11. The highest BCUT2D eigenvalue weighted by molar-refractivity contribution is 7.17. The molecule has 154 valence electrons.